The molecule has 0 unspecified atom stereocenters. The Morgan fingerprint density at radius 3 is 2.21 bits per heavy atom. The topological polar surface area (TPSA) is 35.5 Å². The van der Waals surface area contributed by atoms with Gasteiger partial charge in [-0.05, 0) is 35.0 Å². The number of cyclic esters (lactones) is 1. The summed E-state index contributed by atoms with van der Waals surface area (Å²) in [5, 5.41) is 0. The molecule has 0 spiro atoms. The Morgan fingerprint density at radius 1 is 1.21 bits per heavy atom. The number of carbonyl (C=O) groups excluding carboxylic acids is 1. The van der Waals surface area contributed by atoms with Crippen LogP contribution >= 0.6 is 0 Å². The first kappa shape index (κ1) is 20.9. The van der Waals surface area contributed by atoms with E-state index in [2.05, 4.69) is 54.2 Å². The summed E-state index contributed by atoms with van der Waals surface area (Å²) in [6.45, 7) is 18.0. The van der Waals surface area contributed by atoms with Crippen LogP contribution < -0.4 is 0 Å². The van der Waals surface area contributed by atoms with Crippen molar-refractivity contribution in [3.63, 3.8) is 0 Å². The van der Waals surface area contributed by atoms with Gasteiger partial charge in [-0.2, -0.15) is 0 Å². The molecule has 0 saturated heterocycles. The molecule has 0 aromatic heterocycles. The van der Waals surface area contributed by atoms with Crippen molar-refractivity contribution >= 4 is 14.3 Å². The fourth-order valence-corrected chi connectivity index (χ4v) is 9.49. The van der Waals surface area contributed by atoms with Crippen LogP contribution in [0.3, 0.4) is 0 Å². The predicted octanol–water partition coefficient (Wildman–Crippen LogP) is 5.55. The second-order valence-electron chi connectivity index (χ2n) is 7.54. The Kier molecular flexibility index (Phi) is 8.17. The number of esters is 1. The van der Waals surface area contributed by atoms with Crippen LogP contribution in [0.4, 0.5) is 0 Å². The molecule has 1 heterocycles. The summed E-state index contributed by atoms with van der Waals surface area (Å²) in [6.07, 6.45) is 9.24. The van der Waals surface area contributed by atoms with Crippen LogP contribution in [-0.2, 0) is 14.0 Å². The van der Waals surface area contributed by atoms with Gasteiger partial charge >= 0.3 is 5.97 Å². The zero-order valence-electron chi connectivity index (χ0n) is 16.2. The molecule has 0 bridgehead atoms. The van der Waals surface area contributed by atoms with Crippen molar-refractivity contribution in [2.24, 2.45) is 0 Å². The van der Waals surface area contributed by atoms with E-state index in [-0.39, 0.29) is 12.1 Å². The molecule has 136 valence electrons. The quantitative estimate of drug-likeness (QED) is 0.294. The van der Waals surface area contributed by atoms with Gasteiger partial charge in [-0.15, -0.1) is 0 Å². The SMILES string of the molecule is C=C/C=C/[C@H](CCC1=CC(=O)OC1)O[Si](C(C)C)(C(C)C)C(C)C. The van der Waals surface area contributed by atoms with Crippen LogP contribution in [0.25, 0.3) is 0 Å². The lowest BCUT2D eigenvalue weighted by Gasteiger charge is -2.44. The molecule has 0 saturated carbocycles. The molecular weight excluding hydrogens is 316 g/mol. The highest BCUT2D eigenvalue weighted by molar-refractivity contribution is 6.77. The first-order valence-electron chi connectivity index (χ1n) is 9.07. The van der Waals surface area contributed by atoms with Crippen molar-refractivity contribution in [2.45, 2.75) is 77.1 Å². The number of hydrogen-bond acceptors (Lipinski definition) is 3. The van der Waals surface area contributed by atoms with E-state index in [0.29, 0.717) is 23.2 Å². The molecule has 0 amide bonds. The van der Waals surface area contributed by atoms with Crippen molar-refractivity contribution < 1.29 is 14.0 Å². The number of carbonyl (C=O) groups is 1. The lowest BCUT2D eigenvalue weighted by Crippen LogP contribution is -2.50. The van der Waals surface area contributed by atoms with E-state index in [4.69, 9.17) is 9.16 Å². The van der Waals surface area contributed by atoms with Gasteiger partial charge in [0.15, 0.2) is 0 Å². The zero-order chi connectivity index (χ0) is 18.3. The first-order chi connectivity index (χ1) is 11.2. The number of ether oxygens (including phenoxy) is 1. The maximum Gasteiger partial charge on any atom is 0.331 e. The Hall–Kier alpha value is -1.13. The highest BCUT2D eigenvalue weighted by Gasteiger charge is 2.46. The van der Waals surface area contributed by atoms with E-state index >= 15 is 0 Å². The third kappa shape index (κ3) is 5.18. The number of rotatable bonds is 10. The van der Waals surface area contributed by atoms with Crippen LogP contribution in [0.5, 0.6) is 0 Å². The highest BCUT2D eigenvalue weighted by Crippen LogP contribution is 2.43. The van der Waals surface area contributed by atoms with Crippen molar-refractivity contribution in [3.05, 3.63) is 36.5 Å². The van der Waals surface area contributed by atoms with Crippen LogP contribution in [0.2, 0.25) is 16.6 Å². The molecule has 24 heavy (non-hydrogen) atoms. The lowest BCUT2D eigenvalue weighted by atomic mass is 10.1. The van der Waals surface area contributed by atoms with Gasteiger partial charge in [-0.1, -0.05) is 66.3 Å². The Balaban J connectivity index is 2.93. The molecule has 0 aromatic rings. The largest absolute Gasteiger partial charge is 0.458 e. The summed E-state index contributed by atoms with van der Waals surface area (Å²) in [7, 11) is -1.93. The molecule has 4 heteroatoms. The van der Waals surface area contributed by atoms with Gasteiger partial charge in [0, 0.05) is 6.08 Å². The maximum absolute atomic E-state index is 11.2. The van der Waals surface area contributed by atoms with Gasteiger partial charge in [0.2, 0.25) is 8.32 Å². The molecule has 1 aliphatic heterocycles. The molecule has 0 N–H and O–H groups in total. The van der Waals surface area contributed by atoms with E-state index in [9.17, 15) is 4.79 Å². The van der Waals surface area contributed by atoms with E-state index in [1.165, 1.54) is 0 Å². The highest BCUT2D eigenvalue weighted by atomic mass is 28.4. The first-order valence-corrected chi connectivity index (χ1v) is 11.2. The van der Waals surface area contributed by atoms with E-state index in [1.807, 2.05) is 6.08 Å². The summed E-state index contributed by atoms with van der Waals surface area (Å²) in [5.41, 5.74) is 2.71. The second kappa shape index (κ2) is 9.38. The fraction of sp³-hybridized carbons (Fsp3) is 0.650. The van der Waals surface area contributed by atoms with Gasteiger partial charge in [0.05, 0.1) is 6.10 Å². The van der Waals surface area contributed by atoms with Crippen LogP contribution in [-0.4, -0.2) is 27.0 Å². The second-order valence-corrected chi connectivity index (χ2v) is 13.0. The molecule has 0 aliphatic carbocycles. The summed E-state index contributed by atoms with van der Waals surface area (Å²) in [4.78, 5) is 11.2. The third-order valence-electron chi connectivity index (χ3n) is 5.00. The number of hydrogen-bond donors (Lipinski definition) is 0. The van der Waals surface area contributed by atoms with E-state index < -0.39 is 8.32 Å². The van der Waals surface area contributed by atoms with Gasteiger partial charge in [-0.25, -0.2) is 4.79 Å². The molecule has 0 aromatic carbocycles. The van der Waals surface area contributed by atoms with Crippen molar-refractivity contribution in [3.8, 4) is 0 Å². The molecule has 1 aliphatic rings. The molecule has 1 atom stereocenters. The van der Waals surface area contributed by atoms with Crippen molar-refractivity contribution in [2.75, 3.05) is 6.61 Å². The minimum atomic E-state index is -1.93. The lowest BCUT2D eigenvalue weighted by molar-refractivity contribution is -0.134. The monoisotopic (exact) mass is 350 g/mol. The average Bonchev–Trinajstić information content (AvgIpc) is 2.91. The van der Waals surface area contributed by atoms with Gasteiger partial charge in [0.25, 0.3) is 0 Å². The Labute approximate surface area is 148 Å². The normalized spacial score (nSPS) is 17.0. The molecule has 0 radical (unpaired) electrons. The summed E-state index contributed by atoms with van der Waals surface area (Å²) >= 11 is 0. The minimum Gasteiger partial charge on any atom is -0.458 e. The molecule has 1 rings (SSSR count). The fourth-order valence-electron chi connectivity index (χ4n) is 3.95. The van der Waals surface area contributed by atoms with E-state index in [1.54, 1.807) is 12.2 Å². The smallest absolute Gasteiger partial charge is 0.331 e. The van der Waals surface area contributed by atoms with Crippen molar-refractivity contribution in [1.82, 2.24) is 0 Å². The standard InChI is InChI=1S/C20H34O3Si/c1-8-9-10-19(12-11-18-13-20(21)22-14-18)23-24(15(2)3,16(4)5)17(6)7/h8-10,13,15-17,19H,1,11-12,14H2,2-7H3/b10-9+/t19-/m1/s1. The zero-order valence-corrected chi connectivity index (χ0v) is 17.2. The van der Waals surface area contributed by atoms with Gasteiger partial charge in [0.1, 0.15) is 6.61 Å². The number of allylic oxidation sites excluding steroid dienone is 2. The van der Waals surface area contributed by atoms with Crippen LogP contribution in [0, 0.1) is 0 Å². The maximum atomic E-state index is 11.2. The Morgan fingerprint density at radius 2 is 1.79 bits per heavy atom. The van der Waals surface area contributed by atoms with Gasteiger partial charge in [-0.3, -0.25) is 0 Å². The molecule has 3 nitrogen and oxygen atoms in total. The summed E-state index contributed by atoms with van der Waals surface area (Å²) < 4.78 is 11.9. The van der Waals surface area contributed by atoms with Crippen molar-refractivity contribution in [1.29, 1.82) is 0 Å². The van der Waals surface area contributed by atoms with E-state index in [0.717, 1.165) is 18.4 Å². The summed E-state index contributed by atoms with van der Waals surface area (Å²) in [5.74, 6) is -0.223. The third-order valence-corrected chi connectivity index (χ3v) is 11.1. The summed E-state index contributed by atoms with van der Waals surface area (Å²) in [6, 6.07) is 0. The average molecular weight is 351 g/mol. The molecular formula is C20H34O3Si. The van der Waals surface area contributed by atoms with Crippen LogP contribution in [0.15, 0.2) is 36.5 Å². The minimum absolute atomic E-state index is 0.0541. The van der Waals surface area contributed by atoms with Gasteiger partial charge < -0.3 is 9.16 Å². The predicted molar refractivity (Wildman–Crippen MR) is 104 cm³/mol. The molecule has 0 fully saturated rings. The van der Waals surface area contributed by atoms with Crippen LogP contribution in [0.1, 0.15) is 54.4 Å². The Bertz CT molecular complexity index is 467.